The minimum atomic E-state index is -0.623. The van der Waals surface area contributed by atoms with Gasteiger partial charge in [0.2, 0.25) is 17.7 Å². The monoisotopic (exact) mass is 1090 g/mol. The molecule has 426 valence electrons. The molecule has 0 saturated carbocycles. The van der Waals surface area contributed by atoms with E-state index in [2.05, 4.69) is 71.1 Å². The van der Waals surface area contributed by atoms with E-state index in [1.54, 1.807) is 30.0 Å². The summed E-state index contributed by atoms with van der Waals surface area (Å²) in [5, 5.41) is 26.9. The van der Waals surface area contributed by atoms with Gasteiger partial charge in [-0.15, -0.1) is 9.24 Å². The number of imide groups is 1. The Morgan fingerprint density at radius 1 is 0.936 bits per heavy atom. The lowest BCUT2D eigenvalue weighted by Gasteiger charge is -2.35. The number of piperidine rings is 2. The number of halogens is 1. The number of nitrogens with one attached hydrogen (secondary N) is 1. The molecular formula is C64H93FN7O5P. The van der Waals surface area contributed by atoms with Gasteiger partial charge in [0.05, 0.1) is 22.7 Å². The lowest BCUT2D eigenvalue weighted by atomic mass is 9.88. The molecular weight excluding hydrogens is 997 g/mol. The minimum absolute atomic E-state index is 0.0981. The fourth-order valence-corrected chi connectivity index (χ4v) is 13.2. The van der Waals surface area contributed by atoms with Crippen LogP contribution in [-0.4, -0.2) is 91.1 Å². The van der Waals surface area contributed by atoms with Crippen LogP contribution in [0.15, 0.2) is 48.7 Å². The second-order valence-electron chi connectivity index (χ2n) is 21.9. The van der Waals surface area contributed by atoms with E-state index < -0.39 is 12.1 Å². The Balaban J connectivity index is 0.000000262. The quantitative estimate of drug-likeness (QED) is 0.0606. The zero-order chi connectivity index (χ0) is 56.7. The molecule has 4 saturated heterocycles. The van der Waals surface area contributed by atoms with Crippen LogP contribution in [0.4, 0.5) is 15.9 Å². The van der Waals surface area contributed by atoms with Crippen molar-refractivity contribution in [2.45, 2.75) is 227 Å². The Bertz CT molecular complexity index is 2820. The van der Waals surface area contributed by atoms with Crippen LogP contribution < -0.4 is 20.4 Å². The van der Waals surface area contributed by atoms with E-state index in [1.165, 1.54) is 69.5 Å². The molecule has 3 N–H and O–H groups in total. The van der Waals surface area contributed by atoms with Gasteiger partial charge in [-0.2, -0.15) is 0 Å². The molecule has 5 aromatic rings. The number of amides is 3. The number of β-amino-alcohol motifs (C(OH)–C–C–N with tert-alkyl or cyclic N) is 1. The molecule has 0 spiro atoms. The summed E-state index contributed by atoms with van der Waals surface area (Å²) in [7, 11) is 2.86. The number of fused-ring (bicyclic) bond motifs is 3. The maximum Gasteiger partial charge on any atom is 0.249 e. The fourth-order valence-electron chi connectivity index (χ4n) is 12.7. The number of unbranched alkanes of at least 4 members (excludes halogenated alkanes) is 1. The second-order valence-corrected chi connectivity index (χ2v) is 22.5. The molecule has 14 heteroatoms. The average molecular weight is 1090 g/mol. The van der Waals surface area contributed by atoms with Gasteiger partial charge in [-0.1, -0.05) is 113 Å². The van der Waals surface area contributed by atoms with Gasteiger partial charge in [0.25, 0.3) is 0 Å². The largest absolute Gasteiger partial charge is 0.508 e. The third-order valence-corrected chi connectivity index (χ3v) is 16.9. The van der Waals surface area contributed by atoms with Gasteiger partial charge < -0.3 is 15.1 Å². The molecule has 4 fully saturated rings. The molecule has 4 aliphatic heterocycles. The van der Waals surface area contributed by atoms with E-state index >= 15 is 4.39 Å². The number of carbonyl (C=O) groups excluding carboxylic acids is 3. The van der Waals surface area contributed by atoms with Crippen molar-refractivity contribution in [2.24, 2.45) is 0 Å². The molecule has 0 bridgehead atoms. The number of nitrogens with zero attached hydrogens (tertiary/aromatic N) is 6. The summed E-state index contributed by atoms with van der Waals surface area (Å²) in [6.07, 6.45) is 21.2. The number of aromatic hydroxyl groups is 1. The highest BCUT2D eigenvalue weighted by molar-refractivity contribution is 7.28. The number of anilines is 2. The third-order valence-electron chi connectivity index (χ3n) is 16.3. The van der Waals surface area contributed by atoms with Crippen LogP contribution in [0, 0.1) is 12.7 Å². The van der Waals surface area contributed by atoms with Gasteiger partial charge in [0.1, 0.15) is 29.3 Å². The Morgan fingerprint density at radius 3 is 2.33 bits per heavy atom. The van der Waals surface area contributed by atoms with Crippen LogP contribution in [0.1, 0.15) is 206 Å². The number of pyridine rings is 1. The predicted octanol–water partition coefficient (Wildman–Crippen LogP) is 13.5. The Labute approximate surface area is 468 Å². The number of aryl methyl sites for hydroxylation is 3. The predicted molar refractivity (Wildman–Crippen MR) is 323 cm³/mol. The number of aromatic nitrogens is 3. The fraction of sp³-hybridized carbons (Fsp3) is 0.594. The van der Waals surface area contributed by atoms with Crippen molar-refractivity contribution in [1.29, 1.82) is 0 Å². The molecule has 5 unspecified atom stereocenters. The molecule has 9 rings (SSSR count). The van der Waals surface area contributed by atoms with Gasteiger partial charge in [0.15, 0.2) is 0 Å². The number of aliphatic hydroxyl groups is 1. The van der Waals surface area contributed by atoms with Crippen molar-refractivity contribution in [2.75, 3.05) is 29.4 Å². The molecule has 0 radical (unpaired) electrons. The molecule has 12 nitrogen and oxygen atoms in total. The van der Waals surface area contributed by atoms with Crippen LogP contribution in [-0.2, 0) is 27.2 Å². The van der Waals surface area contributed by atoms with Gasteiger partial charge in [0, 0.05) is 66.7 Å². The first-order chi connectivity index (χ1) is 37.6. The summed E-state index contributed by atoms with van der Waals surface area (Å²) < 4.78 is 15.1. The lowest BCUT2D eigenvalue weighted by molar-refractivity contribution is -0.135. The molecule has 5 atom stereocenters. The van der Waals surface area contributed by atoms with E-state index in [4.69, 9.17) is 15.0 Å². The molecule has 0 aliphatic carbocycles. The standard InChI is InChI=1S/C37H47FN5O2P.C22H32N2O3.C3H8.C2H6/c1-3-5-8-24-12-15-37(14-7-18-43(24)37)16-13-31-40-34-29(36(41-31)42-17-6-9-25(44)22-42)21-39-33(35(34)46)28-20-26(45)19-23-10-11-30(38)27(4-2)32(23)28;1-5-8-16(9-6-2)17-10-11-18(15(4)14-17)24(21(26)7-3)19-12-13-20(25)23-22(19)27;1-3-2;1-2/h10-11,19-21,24-25,44-45H,3-9,12-18,22,46H2,1-2H3;10-11,14,16,19H,5-9,12-13H2,1-4H3,(H,23,25,27);3H2,1-2H3;1-2H3. The van der Waals surface area contributed by atoms with Crippen LogP contribution in [0.5, 0.6) is 5.75 Å². The zero-order valence-corrected chi connectivity index (χ0v) is 50.1. The maximum absolute atomic E-state index is 15.1. The molecule has 78 heavy (non-hydrogen) atoms. The number of benzene rings is 3. The van der Waals surface area contributed by atoms with E-state index in [0.717, 1.165) is 108 Å². The maximum atomic E-state index is 15.1. The van der Waals surface area contributed by atoms with Crippen molar-refractivity contribution in [3.05, 3.63) is 77.0 Å². The van der Waals surface area contributed by atoms with Crippen LogP contribution in [0.2, 0.25) is 0 Å². The first-order valence-electron chi connectivity index (χ1n) is 30.0. The number of rotatable bonds is 17. The SMILES string of the molecule is CC.CCC.CCCC(CCC)c1ccc(N(C(=O)CC)C2CCC(=O)NC2=O)c(C)c1.CCCCC1CCC2(CCc3nc(N4CCCC(O)C4)c4cnc(-c5cc(O)cc6ccc(F)c(CC)c56)c(P)c4n3)CCCN12. The van der Waals surface area contributed by atoms with Crippen LogP contribution >= 0.6 is 9.24 Å². The number of phenols is 1. The van der Waals surface area contributed by atoms with E-state index in [1.807, 2.05) is 40.0 Å². The number of phenolic OH excluding ortho intramolecular Hbond substituents is 1. The van der Waals surface area contributed by atoms with Crippen molar-refractivity contribution in [1.82, 2.24) is 25.2 Å². The summed E-state index contributed by atoms with van der Waals surface area (Å²) in [5.41, 5.74) is 6.07. The average Bonchev–Trinajstić information content (AvgIpc) is 4.02. The van der Waals surface area contributed by atoms with Crippen molar-refractivity contribution in [3.8, 4) is 17.0 Å². The Hall–Kier alpha value is -5.10. The summed E-state index contributed by atoms with van der Waals surface area (Å²) in [5.74, 6) is 1.28. The summed E-state index contributed by atoms with van der Waals surface area (Å²) in [6.45, 7) is 23.2. The van der Waals surface area contributed by atoms with Crippen molar-refractivity contribution < 1.29 is 29.0 Å². The molecule has 3 aromatic carbocycles. The summed E-state index contributed by atoms with van der Waals surface area (Å²) in [4.78, 5) is 58.5. The topological polar surface area (TPSA) is 152 Å². The number of hydrogen-bond donors (Lipinski definition) is 3. The first kappa shape index (κ1) is 62.1. The van der Waals surface area contributed by atoms with E-state index in [9.17, 15) is 24.6 Å². The highest BCUT2D eigenvalue weighted by Crippen LogP contribution is 2.47. The van der Waals surface area contributed by atoms with E-state index in [-0.39, 0.29) is 41.2 Å². The summed E-state index contributed by atoms with van der Waals surface area (Å²) >= 11 is 0. The third kappa shape index (κ3) is 14.3. The zero-order valence-electron chi connectivity index (χ0n) is 48.9. The number of carbonyl (C=O) groups is 3. The highest BCUT2D eigenvalue weighted by atomic mass is 31.0. The van der Waals surface area contributed by atoms with Crippen molar-refractivity contribution >= 4 is 65.4 Å². The number of hydrogen-bond acceptors (Lipinski definition) is 10. The number of aliphatic hydroxyl groups excluding tert-OH is 1. The van der Waals surface area contributed by atoms with Crippen LogP contribution in [0.3, 0.4) is 0 Å². The molecule has 4 aliphatic rings. The Morgan fingerprint density at radius 2 is 1.68 bits per heavy atom. The van der Waals surface area contributed by atoms with Gasteiger partial charge in [-0.3, -0.25) is 34.5 Å². The van der Waals surface area contributed by atoms with Gasteiger partial charge >= 0.3 is 0 Å². The Kier molecular flexibility index (Phi) is 23.4. The van der Waals surface area contributed by atoms with Gasteiger partial charge in [-0.25, -0.2) is 14.4 Å². The normalized spacial score (nSPS) is 20.1. The molecule has 2 aromatic heterocycles. The lowest BCUT2D eigenvalue weighted by Crippen LogP contribution is -2.54. The van der Waals surface area contributed by atoms with Crippen molar-refractivity contribution in [3.63, 3.8) is 0 Å². The second kappa shape index (κ2) is 29.4. The molecule has 3 amide bonds. The molecule has 6 heterocycles. The van der Waals surface area contributed by atoms with E-state index in [0.29, 0.717) is 54.6 Å². The smallest absolute Gasteiger partial charge is 0.249 e. The first-order valence-corrected chi connectivity index (χ1v) is 30.6. The minimum Gasteiger partial charge on any atom is -0.508 e. The summed E-state index contributed by atoms with van der Waals surface area (Å²) in [6, 6.07) is 12.9. The highest BCUT2D eigenvalue weighted by Gasteiger charge is 2.48. The van der Waals surface area contributed by atoms with Crippen LogP contribution in [0.25, 0.3) is 32.9 Å². The van der Waals surface area contributed by atoms with Gasteiger partial charge in [-0.05, 0) is 148 Å².